The van der Waals surface area contributed by atoms with Crippen molar-refractivity contribution in [2.75, 3.05) is 31.6 Å². The Morgan fingerprint density at radius 2 is 2.25 bits per heavy atom. The second kappa shape index (κ2) is 5.34. The van der Waals surface area contributed by atoms with Crippen LogP contribution in [-0.4, -0.2) is 53.3 Å². The third kappa shape index (κ3) is 3.13. The summed E-state index contributed by atoms with van der Waals surface area (Å²) in [6, 6.07) is 4.85. The Bertz CT molecular complexity index is 457. The number of likely N-dealkylation sites (N-methyl/N-ethyl adjacent to an activating group) is 1. The first kappa shape index (κ1) is 13.8. The molecule has 1 atom stereocenters. The van der Waals surface area contributed by atoms with E-state index in [2.05, 4.69) is 27.9 Å². The van der Waals surface area contributed by atoms with E-state index in [0.29, 0.717) is 6.04 Å². The zero-order chi connectivity index (χ0) is 14.2. The van der Waals surface area contributed by atoms with Gasteiger partial charge < -0.3 is 14.9 Å². The Balaban J connectivity index is 1.67. The lowest BCUT2D eigenvalue weighted by molar-refractivity contribution is -0.00343. The van der Waals surface area contributed by atoms with Crippen LogP contribution in [-0.2, 0) is 0 Å². The van der Waals surface area contributed by atoms with E-state index in [1.807, 2.05) is 19.2 Å². The van der Waals surface area contributed by atoms with Gasteiger partial charge in [0, 0.05) is 31.4 Å². The van der Waals surface area contributed by atoms with E-state index in [4.69, 9.17) is 0 Å². The zero-order valence-electron chi connectivity index (χ0n) is 12.5. The summed E-state index contributed by atoms with van der Waals surface area (Å²) >= 11 is 0. The summed E-state index contributed by atoms with van der Waals surface area (Å²) in [5.74, 6) is 0. The molecule has 1 aromatic heterocycles. The minimum atomic E-state index is -0.583. The van der Waals surface area contributed by atoms with Crippen LogP contribution in [0.5, 0.6) is 0 Å². The average molecular weight is 275 g/mol. The van der Waals surface area contributed by atoms with Crippen LogP contribution >= 0.6 is 0 Å². The summed E-state index contributed by atoms with van der Waals surface area (Å²) in [4.78, 5) is 8.97. The van der Waals surface area contributed by atoms with Crippen LogP contribution in [0.15, 0.2) is 18.3 Å². The summed E-state index contributed by atoms with van der Waals surface area (Å²) in [5, 5.41) is 10.9. The highest BCUT2D eigenvalue weighted by atomic mass is 16.3. The molecule has 1 aromatic rings. The molecule has 0 amide bonds. The molecule has 110 valence electrons. The second-order valence-electron chi connectivity index (χ2n) is 6.55. The summed E-state index contributed by atoms with van der Waals surface area (Å²) in [7, 11) is 2.14. The quantitative estimate of drug-likeness (QED) is 0.910. The van der Waals surface area contributed by atoms with Crippen LogP contribution in [0.1, 0.15) is 31.4 Å². The lowest BCUT2D eigenvalue weighted by atomic mass is 9.92. The molecule has 20 heavy (non-hydrogen) atoms. The Morgan fingerprint density at radius 1 is 1.45 bits per heavy atom. The van der Waals surface area contributed by atoms with Gasteiger partial charge in [-0.2, -0.15) is 0 Å². The van der Waals surface area contributed by atoms with E-state index in [-0.39, 0.29) is 0 Å². The maximum Gasteiger partial charge on any atom is 0.0948 e. The van der Waals surface area contributed by atoms with Crippen LogP contribution in [0.2, 0.25) is 0 Å². The molecule has 1 saturated heterocycles. The molecule has 0 aromatic carbocycles. The predicted octanol–water partition coefficient (Wildman–Crippen LogP) is 1.82. The number of hydrogen-bond acceptors (Lipinski definition) is 4. The molecule has 2 aliphatic rings. The molecule has 1 saturated carbocycles. The van der Waals surface area contributed by atoms with Gasteiger partial charge in [-0.25, -0.2) is 0 Å². The second-order valence-corrected chi connectivity index (χ2v) is 6.55. The number of aromatic nitrogens is 1. The Kier molecular flexibility index (Phi) is 3.69. The topological polar surface area (TPSA) is 39.6 Å². The minimum Gasteiger partial charge on any atom is -0.387 e. The van der Waals surface area contributed by atoms with Gasteiger partial charge in [-0.1, -0.05) is 0 Å². The van der Waals surface area contributed by atoms with Crippen molar-refractivity contribution < 1.29 is 5.11 Å². The number of aliphatic hydroxyl groups is 1. The van der Waals surface area contributed by atoms with Crippen molar-refractivity contribution in [1.82, 2.24) is 9.88 Å². The highest BCUT2D eigenvalue weighted by Crippen LogP contribution is 2.30. The molecule has 2 fully saturated rings. The molecule has 2 heterocycles. The fourth-order valence-corrected chi connectivity index (χ4v) is 3.22. The standard InChI is InChI=1S/C16H25N3O/c1-13-4-5-15(10-17-13)19-9-3-8-16(20,12-19)11-18(2)14-6-7-14/h4-5,10,14,20H,3,6-9,11-12H2,1-2H3/t16-/m1/s1. The first-order chi connectivity index (χ1) is 9.56. The zero-order valence-corrected chi connectivity index (χ0v) is 12.5. The Morgan fingerprint density at radius 3 is 2.90 bits per heavy atom. The fourth-order valence-electron chi connectivity index (χ4n) is 3.22. The van der Waals surface area contributed by atoms with Crippen molar-refractivity contribution in [3.8, 4) is 0 Å². The van der Waals surface area contributed by atoms with Gasteiger partial charge in [-0.15, -0.1) is 0 Å². The summed E-state index contributed by atoms with van der Waals surface area (Å²) in [6.45, 7) is 4.52. The largest absolute Gasteiger partial charge is 0.387 e. The van der Waals surface area contributed by atoms with Crippen LogP contribution in [0.3, 0.4) is 0 Å². The van der Waals surface area contributed by atoms with Gasteiger partial charge in [-0.3, -0.25) is 4.98 Å². The lowest BCUT2D eigenvalue weighted by Crippen LogP contribution is -2.54. The van der Waals surface area contributed by atoms with Crippen LogP contribution in [0.4, 0.5) is 5.69 Å². The molecule has 4 heteroatoms. The molecule has 0 spiro atoms. The maximum absolute atomic E-state index is 10.9. The van der Waals surface area contributed by atoms with E-state index in [1.165, 1.54) is 12.8 Å². The minimum absolute atomic E-state index is 0.583. The molecule has 1 aliphatic heterocycles. The highest BCUT2D eigenvalue weighted by molar-refractivity contribution is 5.45. The van der Waals surface area contributed by atoms with Gasteiger partial charge in [0.15, 0.2) is 0 Å². The molecule has 3 rings (SSSR count). The monoisotopic (exact) mass is 275 g/mol. The molecule has 0 bridgehead atoms. The van der Waals surface area contributed by atoms with Gasteiger partial charge in [0.1, 0.15) is 0 Å². The molecular weight excluding hydrogens is 250 g/mol. The molecule has 0 unspecified atom stereocenters. The summed E-state index contributed by atoms with van der Waals surface area (Å²) < 4.78 is 0. The van der Waals surface area contributed by atoms with Gasteiger partial charge >= 0.3 is 0 Å². The van der Waals surface area contributed by atoms with Crippen molar-refractivity contribution >= 4 is 5.69 Å². The molecule has 0 radical (unpaired) electrons. The van der Waals surface area contributed by atoms with Crippen LogP contribution in [0, 0.1) is 6.92 Å². The summed E-state index contributed by atoms with van der Waals surface area (Å²) in [6.07, 6.45) is 6.45. The summed E-state index contributed by atoms with van der Waals surface area (Å²) in [5.41, 5.74) is 1.58. The van der Waals surface area contributed by atoms with Crippen LogP contribution in [0.25, 0.3) is 0 Å². The van der Waals surface area contributed by atoms with E-state index >= 15 is 0 Å². The lowest BCUT2D eigenvalue weighted by Gasteiger charge is -2.42. The first-order valence-corrected chi connectivity index (χ1v) is 7.66. The number of nitrogens with zero attached hydrogens (tertiary/aromatic N) is 3. The highest BCUT2D eigenvalue weighted by Gasteiger charge is 2.37. The molecular formula is C16H25N3O. The van der Waals surface area contributed by atoms with Crippen molar-refractivity contribution in [3.63, 3.8) is 0 Å². The first-order valence-electron chi connectivity index (χ1n) is 7.66. The smallest absolute Gasteiger partial charge is 0.0948 e. The number of pyridine rings is 1. The van der Waals surface area contributed by atoms with Crippen molar-refractivity contribution in [2.24, 2.45) is 0 Å². The van der Waals surface area contributed by atoms with E-state index in [1.54, 1.807) is 0 Å². The fraction of sp³-hybridized carbons (Fsp3) is 0.688. The SMILES string of the molecule is Cc1ccc(N2CCC[C@@](O)(CN(C)C3CC3)C2)cn1. The van der Waals surface area contributed by atoms with Gasteiger partial charge in [0.05, 0.1) is 17.5 Å². The third-order valence-electron chi connectivity index (χ3n) is 4.53. The number of rotatable bonds is 4. The molecule has 1 N–H and O–H groups in total. The van der Waals surface area contributed by atoms with Gasteiger partial charge in [0.25, 0.3) is 0 Å². The third-order valence-corrected chi connectivity index (χ3v) is 4.53. The number of anilines is 1. The maximum atomic E-state index is 10.9. The van der Waals surface area contributed by atoms with Gasteiger partial charge in [-0.05, 0) is 51.8 Å². The van der Waals surface area contributed by atoms with Crippen molar-refractivity contribution in [3.05, 3.63) is 24.0 Å². The number of aryl methyl sites for hydroxylation is 1. The average Bonchev–Trinajstić information content (AvgIpc) is 3.23. The van der Waals surface area contributed by atoms with Crippen LogP contribution < -0.4 is 4.90 Å². The normalized spacial score (nSPS) is 27.1. The Labute approximate surface area is 121 Å². The molecule has 4 nitrogen and oxygen atoms in total. The number of piperidine rings is 1. The van der Waals surface area contributed by atoms with E-state index < -0.39 is 5.60 Å². The molecule has 1 aliphatic carbocycles. The predicted molar refractivity (Wildman–Crippen MR) is 81.0 cm³/mol. The van der Waals surface area contributed by atoms with Crippen molar-refractivity contribution in [1.29, 1.82) is 0 Å². The number of hydrogen-bond donors (Lipinski definition) is 1. The van der Waals surface area contributed by atoms with E-state index in [9.17, 15) is 5.11 Å². The van der Waals surface area contributed by atoms with E-state index in [0.717, 1.165) is 43.9 Å². The van der Waals surface area contributed by atoms with Gasteiger partial charge in [0.2, 0.25) is 0 Å². The number of β-amino-alcohol motifs (C(OH)–C–C–N with tert-alkyl or cyclic N) is 1. The Hall–Kier alpha value is -1.13. The van der Waals surface area contributed by atoms with Crippen molar-refractivity contribution in [2.45, 2.75) is 44.2 Å².